The van der Waals surface area contributed by atoms with Crippen molar-refractivity contribution in [3.63, 3.8) is 0 Å². The molecule has 1 saturated heterocycles. The Bertz CT molecular complexity index is 1150. The average molecular weight is 485 g/mol. The van der Waals surface area contributed by atoms with Crippen molar-refractivity contribution < 1.29 is 67.2 Å². The lowest BCUT2D eigenvalue weighted by Crippen LogP contribution is -3.00. The summed E-state index contributed by atoms with van der Waals surface area (Å²) < 4.78 is 16.8. The second-order valence-electron chi connectivity index (χ2n) is 7.34. The number of ether oxygens (including phenoxy) is 2. The van der Waals surface area contributed by atoms with Crippen LogP contribution in [0.4, 0.5) is 0 Å². The van der Waals surface area contributed by atoms with Gasteiger partial charge in [-0.2, -0.15) is 0 Å². The third kappa shape index (κ3) is 4.55. The first-order chi connectivity index (χ1) is 15.2. The fraction of sp³-hybridized carbons (Fsp3) is 0.286. The van der Waals surface area contributed by atoms with Crippen LogP contribution in [0.2, 0.25) is 0 Å². The Kier molecular flexibility index (Phi) is 7.03. The summed E-state index contributed by atoms with van der Waals surface area (Å²) >= 11 is 0. The molecule has 5 atom stereocenters. The zero-order valence-corrected chi connectivity index (χ0v) is 17.5. The lowest BCUT2D eigenvalue weighted by atomic mass is 9.99. The molecule has 8 N–H and O–H groups in total. The molecule has 1 aromatic heterocycles. The van der Waals surface area contributed by atoms with Crippen molar-refractivity contribution in [2.45, 2.75) is 30.7 Å². The van der Waals surface area contributed by atoms with Crippen LogP contribution >= 0.6 is 0 Å². The summed E-state index contributed by atoms with van der Waals surface area (Å²) in [5, 5.41) is 79.2. The summed E-state index contributed by atoms with van der Waals surface area (Å²) in [7, 11) is 0. The fourth-order valence-corrected chi connectivity index (χ4v) is 3.43. The Morgan fingerprint density at radius 1 is 0.848 bits per heavy atom. The maximum Gasteiger partial charge on any atom is 0.402 e. The van der Waals surface area contributed by atoms with Crippen molar-refractivity contribution in [1.82, 2.24) is 0 Å². The van der Waals surface area contributed by atoms with Gasteiger partial charge in [-0.25, -0.2) is 4.42 Å². The molecule has 11 nitrogen and oxygen atoms in total. The molecule has 0 amide bonds. The van der Waals surface area contributed by atoms with Crippen molar-refractivity contribution in [2.75, 3.05) is 6.61 Å². The molecule has 4 rings (SSSR count). The number of benzene rings is 2. The number of aliphatic hydroxyl groups excluding tert-OH is 4. The number of aromatic hydroxyl groups is 4. The molecular formula is C21H21ClO11. The molecule has 2 heterocycles. The Balaban J connectivity index is 0.00000306. The molecule has 0 bridgehead atoms. The highest BCUT2D eigenvalue weighted by atomic mass is 35.5. The molecule has 1 aliphatic heterocycles. The second kappa shape index (κ2) is 9.43. The van der Waals surface area contributed by atoms with Crippen LogP contribution in [0.5, 0.6) is 28.7 Å². The predicted molar refractivity (Wildman–Crippen MR) is 107 cm³/mol. The Hall–Kier alpha value is -3.06. The second-order valence-corrected chi connectivity index (χ2v) is 7.34. The van der Waals surface area contributed by atoms with Gasteiger partial charge in [-0.3, -0.25) is 0 Å². The van der Waals surface area contributed by atoms with Crippen molar-refractivity contribution in [3.05, 3.63) is 36.4 Å². The zero-order valence-electron chi connectivity index (χ0n) is 16.7. The molecule has 1 aliphatic rings. The molecule has 0 radical (unpaired) electrons. The lowest BCUT2D eigenvalue weighted by molar-refractivity contribution is -0.277. The van der Waals surface area contributed by atoms with Gasteiger partial charge in [0.15, 0.2) is 11.5 Å². The van der Waals surface area contributed by atoms with Crippen molar-refractivity contribution in [1.29, 1.82) is 0 Å². The summed E-state index contributed by atoms with van der Waals surface area (Å²) in [6.07, 6.45) is -7.76. The van der Waals surface area contributed by atoms with Crippen LogP contribution in [0.15, 0.2) is 40.8 Å². The van der Waals surface area contributed by atoms with E-state index in [1.165, 1.54) is 30.3 Å². The van der Waals surface area contributed by atoms with E-state index in [9.17, 15) is 40.9 Å². The molecule has 0 aliphatic carbocycles. The maximum absolute atomic E-state index is 10.3. The molecule has 3 aromatic rings. The highest BCUT2D eigenvalue weighted by molar-refractivity contribution is 5.88. The van der Waals surface area contributed by atoms with Crippen LogP contribution < -0.4 is 17.1 Å². The first kappa shape index (κ1) is 24.6. The van der Waals surface area contributed by atoms with Gasteiger partial charge < -0.3 is 62.7 Å². The van der Waals surface area contributed by atoms with E-state index in [-0.39, 0.29) is 57.7 Å². The van der Waals surface area contributed by atoms with Crippen molar-refractivity contribution in [2.24, 2.45) is 0 Å². The Labute approximate surface area is 192 Å². The summed E-state index contributed by atoms with van der Waals surface area (Å²) in [6, 6.07) is 7.37. The summed E-state index contributed by atoms with van der Waals surface area (Å²) in [6.45, 7) is -0.661. The quantitative estimate of drug-likeness (QED) is 0.143. The minimum atomic E-state index is -1.71. The standard InChI is InChI=1S/C21H20O11.ClH/c22-7-16-17(27)18(28)19(29)21(32-16)31-15-6-10-12(25)4-9(23)5-14(10)30-20(15)8-1-2-11(24)13(26)3-8;/h1-6,16-19,21-22,27-29H,7H2,(H3-,23,24,25,26);1H/t16-,17-,18+,19-,21-;/m1./s1. The number of phenols is 4. The number of aliphatic hydroxyl groups is 4. The minimum absolute atomic E-state index is 0. The third-order valence-corrected chi connectivity index (χ3v) is 5.15. The van der Waals surface area contributed by atoms with Gasteiger partial charge in [0.05, 0.1) is 18.2 Å². The largest absolute Gasteiger partial charge is 1.00 e. The Morgan fingerprint density at radius 2 is 1.58 bits per heavy atom. The van der Waals surface area contributed by atoms with Gasteiger partial charge in [0.25, 0.3) is 0 Å². The Morgan fingerprint density at radius 3 is 2.24 bits per heavy atom. The maximum atomic E-state index is 10.3. The highest BCUT2D eigenvalue weighted by Gasteiger charge is 2.45. The molecule has 178 valence electrons. The average Bonchev–Trinajstić information content (AvgIpc) is 2.76. The van der Waals surface area contributed by atoms with Crippen molar-refractivity contribution >= 4 is 11.0 Å². The number of rotatable bonds is 4. The SMILES string of the molecule is OC[C@H]1O[C@@H](Oc2cc3c(O)cc(O)cc3[o+]c2-c2ccc(O)c(O)c2)[C@H](O)[C@@H](O)[C@@H]1O.[Cl-]. The van der Waals surface area contributed by atoms with Crippen LogP contribution in [-0.2, 0) is 4.74 Å². The molecule has 33 heavy (non-hydrogen) atoms. The molecule has 0 saturated carbocycles. The summed E-state index contributed by atoms with van der Waals surface area (Å²) in [5.41, 5.74) is 0.260. The van der Waals surface area contributed by atoms with E-state index in [1.807, 2.05) is 0 Å². The van der Waals surface area contributed by atoms with E-state index < -0.39 is 43.1 Å². The number of hydrogen-bond donors (Lipinski definition) is 8. The van der Waals surface area contributed by atoms with Crippen LogP contribution in [0.25, 0.3) is 22.3 Å². The van der Waals surface area contributed by atoms with Gasteiger partial charge in [-0.05, 0) is 12.1 Å². The van der Waals surface area contributed by atoms with Gasteiger partial charge in [0.2, 0.25) is 12.0 Å². The van der Waals surface area contributed by atoms with Crippen LogP contribution in [0.1, 0.15) is 0 Å². The monoisotopic (exact) mass is 484 g/mol. The van der Waals surface area contributed by atoms with E-state index in [0.717, 1.165) is 6.07 Å². The van der Waals surface area contributed by atoms with E-state index in [0.29, 0.717) is 0 Å². The van der Waals surface area contributed by atoms with E-state index in [1.54, 1.807) is 0 Å². The number of fused-ring (bicyclic) bond motifs is 1. The van der Waals surface area contributed by atoms with Crippen LogP contribution in [0, 0.1) is 0 Å². The first-order valence-corrected chi connectivity index (χ1v) is 9.52. The van der Waals surface area contributed by atoms with Gasteiger partial charge in [-0.1, -0.05) is 0 Å². The van der Waals surface area contributed by atoms with Gasteiger partial charge in [0.1, 0.15) is 41.3 Å². The first-order valence-electron chi connectivity index (χ1n) is 9.52. The summed E-state index contributed by atoms with van der Waals surface area (Å²) in [5.74, 6) is -1.64. The molecule has 12 heteroatoms. The van der Waals surface area contributed by atoms with E-state index in [2.05, 4.69) is 0 Å². The van der Waals surface area contributed by atoms with E-state index in [4.69, 9.17) is 13.9 Å². The third-order valence-electron chi connectivity index (χ3n) is 5.15. The predicted octanol–water partition coefficient (Wildman–Crippen LogP) is -2.61. The van der Waals surface area contributed by atoms with Crippen LogP contribution in [0.3, 0.4) is 0 Å². The molecule has 0 unspecified atom stereocenters. The van der Waals surface area contributed by atoms with E-state index >= 15 is 0 Å². The number of phenolic OH excluding ortho intramolecular Hbond substituents is 4. The molecule has 2 aromatic carbocycles. The summed E-state index contributed by atoms with van der Waals surface area (Å²) in [4.78, 5) is 0. The molecule has 0 spiro atoms. The molecular weight excluding hydrogens is 464 g/mol. The number of halogens is 1. The highest BCUT2D eigenvalue weighted by Crippen LogP contribution is 2.42. The van der Waals surface area contributed by atoms with Crippen molar-refractivity contribution in [3.8, 4) is 40.1 Å². The van der Waals surface area contributed by atoms with Gasteiger partial charge >= 0.3 is 11.3 Å². The number of hydrogen-bond acceptors (Lipinski definition) is 10. The lowest BCUT2D eigenvalue weighted by Gasteiger charge is -2.39. The van der Waals surface area contributed by atoms with Gasteiger partial charge in [-0.15, -0.1) is 0 Å². The van der Waals surface area contributed by atoms with Crippen LogP contribution in [-0.4, -0.2) is 78.2 Å². The van der Waals surface area contributed by atoms with Gasteiger partial charge in [0, 0.05) is 18.2 Å². The zero-order chi connectivity index (χ0) is 23.2. The normalized spacial score (nSPS) is 24.9. The topological polar surface area (TPSA) is 192 Å². The minimum Gasteiger partial charge on any atom is -1.00 e. The smallest absolute Gasteiger partial charge is 0.402 e. The molecule has 1 fully saturated rings. The fourth-order valence-electron chi connectivity index (χ4n) is 3.43.